The molecule has 0 amide bonds. The third-order valence-electron chi connectivity index (χ3n) is 4.78. The van der Waals surface area contributed by atoms with Gasteiger partial charge in [0.1, 0.15) is 4.83 Å². The molecule has 0 fully saturated rings. The molecule has 0 bridgehead atoms. The molecular formula is C20H10BrNS. The molecule has 0 aliphatic carbocycles. The lowest BCUT2D eigenvalue weighted by Crippen LogP contribution is -1.76. The molecule has 0 aliphatic rings. The van der Waals surface area contributed by atoms with Gasteiger partial charge < -0.3 is 0 Å². The number of hydrogen-bond donors (Lipinski definition) is 0. The summed E-state index contributed by atoms with van der Waals surface area (Å²) >= 11 is 5.61. The number of hydrogen-bond acceptors (Lipinski definition) is 1. The standard InChI is InChI=1S/C20H10BrNS/c21-11-9-14-12-5-1-3-7-16(12)22-19(14)15(10-11)18-13-6-2-4-8-17(13)23-20(18)22/h1-10H. The van der Waals surface area contributed by atoms with Crippen LogP contribution in [-0.2, 0) is 0 Å². The van der Waals surface area contributed by atoms with E-state index in [4.69, 9.17) is 0 Å². The Hall–Kier alpha value is -2.10. The molecule has 108 valence electrons. The lowest BCUT2D eigenvalue weighted by Gasteiger charge is -1.96. The van der Waals surface area contributed by atoms with E-state index in [1.165, 1.54) is 47.5 Å². The summed E-state index contributed by atoms with van der Waals surface area (Å²) in [5, 5.41) is 6.75. The minimum absolute atomic E-state index is 1.14. The van der Waals surface area contributed by atoms with E-state index in [0.717, 1.165) is 4.47 Å². The number of benzene rings is 3. The SMILES string of the molecule is Brc1cc2c3ccccc3n3c4sc5ccccc5c4c(c1)c23. The Morgan fingerprint density at radius 3 is 2.43 bits per heavy atom. The van der Waals surface area contributed by atoms with Crippen LogP contribution < -0.4 is 0 Å². The molecule has 0 spiro atoms. The van der Waals surface area contributed by atoms with Crippen molar-refractivity contribution in [2.45, 2.75) is 0 Å². The maximum absolute atomic E-state index is 3.72. The molecule has 1 nitrogen and oxygen atoms in total. The van der Waals surface area contributed by atoms with E-state index in [9.17, 15) is 0 Å². The van der Waals surface area contributed by atoms with Gasteiger partial charge in [0, 0.05) is 36.1 Å². The number of halogens is 1. The van der Waals surface area contributed by atoms with Gasteiger partial charge in [0.2, 0.25) is 0 Å². The van der Waals surface area contributed by atoms with Crippen LogP contribution in [0, 0.1) is 0 Å². The Bertz CT molecular complexity index is 1370. The Balaban J connectivity index is 2.09. The van der Waals surface area contributed by atoms with Gasteiger partial charge in [-0.2, -0.15) is 0 Å². The van der Waals surface area contributed by atoms with Gasteiger partial charge in [-0.05, 0) is 24.3 Å². The molecule has 0 aliphatic heterocycles. The molecule has 23 heavy (non-hydrogen) atoms. The van der Waals surface area contributed by atoms with Crippen molar-refractivity contribution in [1.29, 1.82) is 0 Å². The molecule has 0 saturated heterocycles. The highest BCUT2D eigenvalue weighted by atomic mass is 79.9. The third-order valence-corrected chi connectivity index (χ3v) is 6.40. The molecule has 3 heterocycles. The van der Waals surface area contributed by atoms with Gasteiger partial charge in [-0.1, -0.05) is 52.3 Å². The Labute approximate surface area is 144 Å². The molecule has 3 aromatic carbocycles. The van der Waals surface area contributed by atoms with E-state index in [1.807, 2.05) is 11.3 Å². The second-order valence-corrected chi connectivity index (χ2v) is 7.93. The van der Waals surface area contributed by atoms with E-state index >= 15 is 0 Å². The van der Waals surface area contributed by atoms with Crippen LogP contribution in [0.25, 0.3) is 47.5 Å². The summed E-state index contributed by atoms with van der Waals surface area (Å²) in [4.78, 5) is 1.35. The highest BCUT2D eigenvalue weighted by Gasteiger charge is 2.20. The van der Waals surface area contributed by atoms with E-state index in [1.54, 1.807) is 0 Å². The first kappa shape index (κ1) is 12.3. The summed E-state index contributed by atoms with van der Waals surface area (Å²) in [5.74, 6) is 0. The molecule has 0 atom stereocenters. The third kappa shape index (κ3) is 1.38. The number of rotatable bonds is 0. The summed E-state index contributed by atoms with van der Waals surface area (Å²) in [7, 11) is 0. The molecule has 0 N–H and O–H groups in total. The van der Waals surface area contributed by atoms with Crippen molar-refractivity contribution in [3.63, 3.8) is 0 Å². The summed E-state index contributed by atoms with van der Waals surface area (Å²) in [6, 6.07) is 21.9. The zero-order valence-corrected chi connectivity index (χ0v) is 14.4. The van der Waals surface area contributed by atoms with Crippen LogP contribution in [-0.4, -0.2) is 4.40 Å². The van der Waals surface area contributed by atoms with Crippen LogP contribution in [0.4, 0.5) is 0 Å². The van der Waals surface area contributed by atoms with Gasteiger partial charge in [0.15, 0.2) is 0 Å². The second-order valence-electron chi connectivity index (χ2n) is 5.98. The van der Waals surface area contributed by atoms with E-state index in [0.29, 0.717) is 0 Å². The number of aromatic nitrogens is 1. The number of nitrogens with zero attached hydrogens (tertiary/aromatic N) is 1. The fourth-order valence-electron chi connectivity index (χ4n) is 3.91. The van der Waals surface area contributed by atoms with Crippen LogP contribution in [0.2, 0.25) is 0 Å². The molecule has 3 heteroatoms. The normalized spacial score (nSPS) is 12.6. The maximum atomic E-state index is 3.72. The van der Waals surface area contributed by atoms with E-state index in [2.05, 4.69) is 81.0 Å². The monoisotopic (exact) mass is 375 g/mol. The fourth-order valence-corrected chi connectivity index (χ4v) is 5.61. The first-order valence-corrected chi connectivity index (χ1v) is 9.19. The maximum Gasteiger partial charge on any atom is 0.109 e. The van der Waals surface area contributed by atoms with Crippen molar-refractivity contribution in [3.8, 4) is 0 Å². The van der Waals surface area contributed by atoms with Crippen molar-refractivity contribution in [3.05, 3.63) is 65.1 Å². The predicted octanol–water partition coefficient (Wildman–Crippen LogP) is 6.81. The first-order chi connectivity index (χ1) is 11.3. The number of fused-ring (bicyclic) bond motifs is 8. The Morgan fingerprint density at radius 1 is 0.783 bits per heavy atom. The van der Waals surface area contributed by atoms with Crippen molar-refractivity contribution in [2.24, 2.45) is 0 Å². The van der Waals surface area contributed by atoms with Gasteiger partial charge in [0.05, 0.1) is 11.0 Å². The first-order valence-electron chi connectivity index (χ1n) is 7.58. The van der Waals surface area contributed by atoms with Gasteiger partial charge in [-0.25, -0.2) is 0 Å². The van der Waals surface area contributed by atoms with Crippen molar-refractivity contribution >= 4 is 74.8 Å². The van der Waals surface area contributed by atoms with Crippen LogP contribution in [0.15, 0.2) is 65.1 Å². The highest BCUT2D eigenvalue weighted by Crippen LogP contribution is 2.46. The molecule has 3 aromatic heterocycles. The lowest BCUT2D eigenvalue weighted by atomic mass is 10.1. The largest absolute Gasteiger partial charge is 0.299 e. The molecule has 0 saturated carbocycles. The average Bonchev–Trinajstić information content (AvgIpc) is 3.19. The van der Waals surface area contributed by atoms with Crippen molar-refractivity contribution in [2.75, 3.05) is 0 Å². The molecule has 6 aromatic rings. The Morgan fingerprint density at radius 2 is 1.52 bits per heavy atom. The molecule has 0 unspecified atom stereocenters. The van der Waals surface area contributed by atoms with Crippen LogP contribution in [0.3, 0.4) is 0 Å². The smallest absolute Gasteiger partial charge is 0.109 e. The zero-order valence-electron chi connectivity index (χ0n) is 12.0. The topological polar surface area (TPSA) is 4.41 Å². The average molecular weight is 376 g/mol. The number of para-hydroxylation sites is 1. The summed E-state index contributed by atoms with van der Waals surface area (Å²) < 4.78 is 4.95. The van der Waals surface area contributed by atoms with Crippen LogP contribution >= 0.6 is 27.3 Å². The van der Waals surface area contributed by atoms with Gasteiger partial charge in [-0.3, -0.25) is 4.40 Å². The van der Waals surface area contributed by atoms with Crippen LogP contribution in [0.1, 0.15) is 0 Å². The lowest BCUT2D eigenvalue weighted by molar-refractivity contribution is 1.40. The summed E-state index contributed by atoms with van der Waals surface area (Å²) in [6.07, 6.45) is 0. The quantitative estimate of drug-likeness (QED) is 0.274. The predicted molar refractivity (Wildman–Crippen MR) is 104 cm³/mol. The summed E-state index contributed by atoms with van der Waals surface area (Å²) in [6.45, 7) is 0. The molecule has 6 rings (SSSR count). The minimum Gasteiger partial charge on any atom is -0.299 e. The van der Waals surface area contributed by atoms with Crippen molar-refractivity contribution < 1.29 is 0 Å². The van der Waals surface area contributed by atoms with Gasteiger partial charge in [-0.15, -0.1) is 11.3 Å². The minimum atomic E-state index is 1.14. The molecule has 0 radical (unpaired) electrons. The second kappa shape index (κ2) is 4.05. The fraction of sp³-hybridized carbons (Fsp3) is 0. The highest BCUT2D eigenvalue weighted by molar-refractivity contribution is 9.10. The molecular weight excluding hydrogens is 366 g/mol. The Kier molecular flexibility index (Phi) is 2.17. The van der Waals surface area contributed by atoms with Crippen LogP contribution in [0.5, 0.6) is 0 Å². The zero-order chi connectivity index (χ0) is 15.1. The van der Waals surface area contributed by atoms with Gasteiger partial charge >= 0.3 is 0 Å². The van der Waals surface area contributed by atoms with E-state index in [-0.39, 0.29) is 0 Å². The summed E-state index contributed by atoms with van der Waals surface area (Å²) in [5.41, 5.74) is 2.65. The number of thiophene rings is 1. The van der Waals surface area contributed by atoms with E-state index < -0.39 is 0 Å². The van der Waals surface area contributed by atoms with Crippen molar-refractivity contribution in [1.82, 2.24) is 4.40 Å². The van der Waals surface area contributed by atoms with Gasteiger partial charge in [0.25, 0.3) is 0 Å².